The van der Waals surface area contributed by atoms with Gasteiger partial charge in [0.2, 0.25) is 10.0 Å². The molecule has 2 aromatic rings. The van der Waals surface area contributed by atoms with E-state index in [4.69, 9.17) is 14.2 Å². The zero-order valence-corrected chi connectivity index (χ0v) is 14.9. The summed E-state index contributed by atoms with van der Waals surface area (Å²) in [4.78, 5) is 0.0321. The van der Waals surface area contributed by atoms with E-state index in [1.54, 1.807) is 38.3 Å². The van der Waals surface area contributed by atoms with Gasteiger partial charge in [0.25, 0.3) is 0 Å². The number of methoxy groups -OCH3 is 3. The van der Waals surface area contributed by atoms with E-state index in [1.807, 2.05) is 12.1 Å². The number of ether oxygens (including phenoxy) is 3. The third-order valence-electron chi connectivity index (χ3n) is 3.61. The SMILES string of the molecule is COc1ccc([C@H](C)NS(=O)(=O)c2cc(OC)ccc2OC)cc1. The Hall–Kier alpha value is -2.25. The van der Waals surface area contributed by atoms with Gasteiger partial charge >= 0.3 is 0 Å². The molecule has 0 radical (unpaired) electrons. The van der Waals surface area contributed by atoms with E-state index in [9.17, 15) is 8.42 Å². The maximum absolute atomic E-state index is 12.7. The molecule has 0 saturated carbocycles. The van der Waals surface area contributed by atoms with E-state index < -0.39 is 16.1 Å². The van der Waals surface area contributed by atoms with E-state index in [-0.39, 0.29) is 10.6 Å². The molecule has 0 aliphatic heterocycles. The summed E-state index contributed by atoms with van der Waals surface area (Å²) >= 11 is 0. The Morgan fingerprint density at radius 2 is 1.46 bits per heavy atom. The molecule has 0 amide bonds. The van der Waals surface area contributed by atoms with Crippen LogP contribution in [0.15, 0.2) is 47.4 Å². The van der Waals surface area contributed by atoms with Crippen molar-refractivity contribution >= 4 is 10.0 Å². The van der Waals surface area contributed by atoms with E-state index in [1.165, 1.54) is 20.3 Å². The monoisotopic (exact) mass is 351 g/mol. The number of nitrogens with one attached hydrogen (secondary N) is 1. The second-order valence-corrected chi connectivity index (χ2v) is 6.82. The zero-order valence-electron chi connectivity index (χ0n) is 14.1. The summed E-state index contributed by atoms with van der Waals surface area (Å²) in [5.74, 6) is 1.40. The molecule has 0 spiro atoms. The minimum Gasteiger partial charge on any atom is -0.497 e. The molecule has 6 nitrogen and oxygen atoms in total. The lowest BCUT2D eigenvalue weighted by Crippen LogP contribution is -2.27. The summed E-state index contributed by atoms with van der Waals surface area (Å²) < 4.78 is 43.4. The highest BCUT2D eigenvalue weighted by atomic mass is 32.2. The molecule has 0 aliphatic carbocycles. The van der Waals surface area contributed by atoms with Crippen LogP contribution >= 0.6 is 0 Å². The van der Waals surface area contributed by atoms with Crippen molar-refractivity contribution < 1.29 is 22.6 Å². The van der Waals surface area contributed by atoms with Crippen molar-refractivity contribution in [3.63, 3.8) is 0 Å². The molecule has 2 rings (SSSR count). The van der Waals surface area contributed by atoms with Crippen molar-refractivity contribution in [2.45, 2.75) is 17.9 Å². The lowest BCUT2D eigenvalue weighted by Gasteiger charge is -2.17. The first kappa shape index (κ1) is 18.1. The molecular formula is C17H21NO5S. The molecule has 0 saturated heterocycles. The summed E-state index contributed by atoms with van der Waals surface area (Å²) in [6, 6.07) is 11.4. The second kappa shape index (κ2) is 7.55. The minimum absolute atomic E-state index is 0.0321. The minimum atomic E-state index is -3.78. The van der Waals surface area contributed by atoms with Crippen LogP contribution < -0.4 is 18.9 Å². The summed E-state index contributed by atoms with van der Waals surface area (Å²) in [6.07, 6.45) is 0. The predicted octanol–water partition coefficient (Wildman–Crippen LogP) is 2.75. The topological polar surface area (TPSA) is 73.9 Å². The molecule has 1 atom stereocenters. The molecule has 0 heterocycles. The van der Waals surface area contributed by atoms with Crippen molar-refractivity contribution in [3.8, 4) is 17.2 Å². The molecule has 0 aliphatic rings. The van der Waals surface area contributed by atoms with Gasteiger partial charge in [-0.05, 0) is 36.8 Å². The van der Waals surface area contributed by atoms with Gasteiger partial charge in [-0.15, -0.1) is 0 Å². The van der Waals surface area contributed by atoms with E-state index in [0.29, 0.717) is 11.5 Å². The lowest BCUT2D eigenvalue weighted by molar-refractivity contribution is 0.391. The van der Waals surface area contributed by atoms with Gasteiger partial charge in [0.05, 0.1) is 21.3 Å². The molecule has 24 heavy (non-hydrogen) atoms. The smallest absolute Gasteiger partial charge is 0.244 e. The number of benzene rings is 2. The zero-order chi connectivity index (χ0) is 17.7. The average molecular weight is 351 g/mol. The van der Waals surface area contributed by atoms with E-state index in [2.05, 4.69) is 4.72 Å². The third-order valence-corrected chi connectivity index (χ3v) is 5.17. The van der Waals surface area contributed by atoms with Crippen LogP contribution in [0.25, 0.3) is 0 Å². The molecule has 0 fully saturated rings. The van der Waals surface area contributed by atoms with Crippen LogP contribution in [0, 0.1) is 0 Å². The standard InChI is InChI=1S/C17H21NO5S/c1-12(13-5-7-14(21-2)8-6-13)18-24(19,20)17-11-15(22-3)9-10-16(17)23-4/h5-12,18H,1-4H3/t12-/m0/s1. The molecule has 2 aromatic carbocycles. The Morgan fingerprint density at radius 3 is 2.00 bits per heavy atom. The van der Waals surface area contributed by atoms with Gasteiger partial charge in [-0.2, -0.15) is 0 Å². The molecule has 0 aromatic heterocycles. The third kappa shape index (κ3) is 3.98. The highest BCUT2D eigenvalue weighted by Crippen LogP contribution is 2.29. The van der Waals surface area contributed by atoms with Crippen molar-refractivity contribution in [3.05, 3.63) is 48.0 Å². The lowest BCUT2D eigenvalue weighted by atomic mass is 10.1. The molecule has 0 unspecified atom stereocenters. The van der Waals surface area contributed by atoms with Crippen LogP contribution in [0.3, 0.4) is 0 Å². The quantitative estimate of drug-likeness (QED) is 0.830. The number of sulfonamides is 1. The van der Waals surface area contributed by atoms with Gasteiger partial charge in [-0.3, -0.25) is 0 Å². The molecule has 7 heteroatoms. The van der Waals surface area contributed by atoms with Gasteiger partial charge in [-0.1, -0.05) is 12.1 Å². The Kier molecular flexibility index (Phi) is 5.69. The summed E-state index contributed by atoms with van der Waals surface area (Å²) in [7, 11) is 0.697. The Labute approximate surface area is 142 Å². The first-order chi connectivity index (χ1) is 11.4. The second-order valence-electron chi connectivity index (χ2n) is 5.13. The van der Waals surface area contributed by atoms with Gasteiger partial charge in [-0.25, -0.2) is 13.1 Å². The van der Waals surface area contributed by atoms with Crippen molar-refractivity contribution in [2.75, 3.05) is 21.3 Å². The molecule has 1 N–H and O–H groups in total. The van der Waals surface area contributed by atoms with Gasteiger partial charge in [0.15, 0.2) is 0 Å². The van der Waals surface area contributed by atoms with Crippen LogP contribution in [0.4, 0.5) is 0 Å². The molecular weight excluding hydrogens is 330 g/mol. The highest BCUT2D eigenvalue weighted by molar-refractivity contribution is 7.89. The first-order valence-electron chi connectivity index (χ1n) is 7.29. The van der Waals surface area contributed by atoms with Crippen molar-refractivity contribution in [2.24, 2.45) is 0 Å². The fourth-order valence-electron chi connectivity index (χ4n) is 2.25. The Balaban J connectivity index is 2.29. The van der Waals surface area contributed by atoms with Crippen LogP contribution in [0.5, 0.6) is 17.2 Å². The largest absolute Gasteiger partial charge is 0.497 e. The average Bonchev–Trinajstić information content (AvgIpc) is 2.60. The Bertz CT molecular complexity index is 787. The van der Waals surface area contributed by atoms with E-state index >= 15 is 0 Å². The van der Waals surface area contributed by atoms with Crippen LogP contribution in [-0.2, 0) is 10.0 Å². The van der Waals surface area contributed by atoms with Crippen molar-refractivity contribution in [1.29, 1.82) is 0 Å². The van der Waals surface area contributed by atoms with E-state index in [0.717, 1.165) is 5.56 Å². The van der Waals surface area contributed by atoms with Crippen LogP contribution in [0.1, 0.15) is 18.5 Å². The fourth-order valence-corrected chi connectivity index (χ4v) is 3.67. The first-order valence-corrected chi connectivity index (χ1v) is 8.78. The summed E-state index contributed by atoms with van der Waals surface area (Å²) in [5.41, 5.74) is 0.821. The molecule has 0 bridgehead atoms. The number of hydrogen-bond acceptors (Lipinski definition) is 5. The van der Waals surface area contributed by atoms with Crippen molar-refractivity contribution in [1.82, 2.24) is 4.72 Å². The number of rotatable bonds is 7. The van der Waals surface area contributed by atoms with Gasteiger partial charge in [0.1, 0.15) is 22.1 Å². The maximum atomic E-state index is 12.7. The summed E-state index contributed by atoms with van der Waals surface area (Å²) in [6.45, 7) is 1.77. The maximum Gasteiger partial charge on any atom is 0.244 e. The fraction of sp³-hybridized carbons (Fsp3) is 0.294. The van der Waals surface area contributed by atoms with Crippen LogP contribution in [0.2, 0.25) is 0 Å². The number of hydrogen-bond donors (Lipinski definition) is 1. The van der Waals surface area contributed by atoms with Gasteiger partial charge < -0.3 is 14.2 Å². The van der Waals surface area contributed by atoms with Crippen LogP contribution in [-0.4, -0.2) is 29.7 Å². The van der Waals surface area contributed by atoms with Gasteiger partial charge in [0, 0.05) is 12.1 Å². The Morgan fingerprint density at radius 1 is 0.875 bits per heavy atom. The normalized spacial score (nSPS) is 12.5. The summed E-state index contributed by atoms with van der Waals surface area (Å²) in [5, 5.41) is 0. The highest BCUT2D eigenvalue weighted by Gasteiger charge is 2.23. The molecule has 130 valence electrons. The predicted molar refractivity (Wildman–Crippen MR) is 91.3 cm³/mol.